The average molecular weight is 475 g/mol. The summed E-state index contributed by atoms with van der Waals surface area (Å²) < 4.78 is 33.8. The predicted octanol–water partition coefficient (Wildman–Crippen LogP) is 4.66. The number of benzene rings is 3. The van der Waals surface area contributed by atoms with Gasteiger partial charge in [-0.2, -0.15) is 0 Å². The number of hydrogen-bond donors (Lipinski definition) is 1. The summed E-state index contributed by atoms with van der Waals surface area (Å²) in [5.74, 6) is -0.103. The highest BCUT2D eigenvalue weighted by Gasteiger charge is 2.37. The first-order valence-electron chi connectivity index (χ1n) is 9.37. The molecule has 160 valence electrons. The van der Waals surface area contributed by atoms with E-state index in [0.29, 0.717) is 22.1 Å². The van der Waals surface area contributed by atoms with Crippen LogP contribution < -0.4 is 14.4 Å². The largest absolute Gasteiger partial charge is 0.476 e. The van der Waals surface area contributed by atoms with E-state index in [-0.39, 0.29) is 11.4 Å². The standard InChI is InChI=1S/C22H19ClN2O4S2/c1-30-17-6-4-5-16(13-17)24-22(26)21-14-25(19-7-2-3-8-20(19)29-21)31(27,28)18-11-9-15(23)10-12-18/h2-13,21H,14H2,1H3,(H,24,26)/t21-/m1/s1. The number of carbonyl (C=O) groups is 1. The molecular formula is C22H19ClN2O4S2. The molecule has 1 aliphatic heterocycles. The first-order valence-corrected chi connectivity index (χ1v) is 12.4. The lowest BCUT2D eigenvalue weighted by Crippen LogP contribution is -2.48. The number of hydrogen-bond acceptors (Lipinski definition) is 5. The third-order valence-electron chi connectivity index (χ3n) is 4.77. The van der Waals surface area contributed by atoms with E-state index in [0.717, 1.165) is 4.90 Å². The number of amides is 1. The van der Waals surface area contributed by atoms with Gasteiger partial charge in [-0.1, -0.05) is 29.8 Å². The molecule has 0 aromatic heterocycles. The smallest absolute Gasteiger partial charge is 0.267 e. The summed E-state index contributed by atoms with van der Waals surface area (Å²) in [5.41, 5.74) is 0.997. The van der Waals surface area contributed by atoms with Crippen molar-refractivity contribution in [2.75, 3.05) is 22.4 Å². The van der Waals surface area contributed by atoms with Crippen molar-refractivity contribution < 1.29 is 17.9 Å². The monoisotopic (exact) mass is 474 g/mol. The van der Waals surface area contributed by atoms with Gasteiger partial charge in [0, 0.05) is 15.6 Å². The van der Waals surface area contributed by atoms with Crippen molar-refractivity contribution in [3.05, 3.63) is 77.8 Å². The van der Waals surface area contributed by atoms with Crippen molar-refractivity contribution in [2.24, 2.45) is 0 Å². The number of halogens is 1. The normalized spacial score (nSPS) is 15.7. The lowest BCUT2D eigenvalue weighted by Gasteiger charge is -2.34. The molecule has 4 rings (SSSR count). The molecule has 0 radical (unpaired) electrons. The fourth-order valence-electron chi connectivity index (χ4n) is 3.22. The van der Waals surface area contributed by atoms with Gasteiger partial charge >= 0.3 is 0 Å². The number of ether oxygens (including phenoxy) is 1. The summed E-state index contributed by atoms with van der Waals surface area (Å²) in [6.07, 6.45) is 0.927. The van der Waals surface area contributed by atoms with Crippen molar-refractivity contribution in [1.82, 2.24) is 0 Å². The van der Waals surface area contributed by atoms with Crippen LogP contribution in [0, 0.1) is 0 Å². The molecule has 1 heterocycles. The van der Waals surface area contributed by atoms with Gasteiger partial charge in [-0.05, 0) is 60.9 Å². The van der Waals surface area contributed by atoms with Crippen LogP contribution in [0.5, 0.6) is 5.75 Å². The Morgan fingerprint density at radius 1 is 1.10 bits per heavy atom. The summed E-state index contributed by atoms with van der Waals surface area (Å²) >= 11 is 7.47. The van der Waals surface area contributed by atoms with E-state index in [1.807, 2.05) is 24.5 Å². The van der Waals surface area contributed by atoms with Crippen molar-refractivity contribution in [2.45, 2.75) is 15.9 Å². The zero-order valence-corrected chi connectivity index (χ0v) is 18.9. The molecule has 31 heavy (non-hydrogen) atoms. The second-order valence-corrected chi connectivity index (χ2v) is 9.96. The highest BCUT2D eigenvalue weighted by Crippen LogP contribution is 2.37. The molecule has 0 unspecified atom stereocenters. The number of para-hydroxylation sites is 2. The highest BCUT2D eigenvalue weighted by atomic mass is 35.5. The van der Waals surface area contributed by atoms with E-state index in [4.69, 9.17) is 16.3 Å². The van der Waals surface area contributed by atoms with Crippen LogP contribution in [-0.4, -0.2) is 33.2 Å². The van der Waals surface area contributed by atoms with Gasteiger partial charge < -0.3 is 10.1 Å². The SMILES string of the molecule is CSc1cccc(NC(=O)[C@H]2CN(S(=O)(=O)c3ccc(Cl)cc3)c3ccccc3O2)c1. The zero-order chi connectivity index (χ0) is 22.0. The van der Waals surface area contributed by atoms with Crippen molar-refractivity contribution in [3.63, 3.8) is 0 Å². The Balaban J connectivity index is 1.65. The van der Waals surface area contributed by atoms with Gasteiger partial charge in [0.2, 0.25) is 0 Å². The number of anilines is 2. The van der Waals surface area contributed by atoms with Crippen LogP contribution >= 0.6 is 23.4 Å². The molecule has 0 spiro atoms. The summed E-state index contributed by atoms with van der Waals surface area (Å²) in [4.78, 5) is 14.0. The average Bonchev–Trinajstić information content (AvgIpc) is 2.78. The molecular weight excluding hydrogens is 456 g/mol. The van der Waals surface area contributed by atoms with Crippen LogP contribution in [0.3, 0.4) is 0 Å². The highest BCUT2D eigenvalue weighted by molar-refractivity contribution is 7.98. The molecule has 0 saturated heterocycles. The first-order chi connectivity index (χ1) is 14.9. The number of sulfonamides is 1. The first kappa shape index (κ1) is 21.5. The Morgan fingerprint density at radius 3 is 2.58 bits per heavy atom. The topological polar surface area (TPSA) is 75.7 Å². The minimum Gasteiger partial charge on any atom is -0.476 e. The Hall–Kier alpha value is -2.68. The number of thioether (sulfide) groups is 1. The minimum absolute atomic E-state index is 0.0837. The minimum atomic E-state index is -3.93. The van der Waals surface area contributed by atoms with E-state index in [2.05, 4.69) is 5.32 Å². The van der Waals surface area contributed by atoms with Gasteiger partial charge in [-0.3, -0.25) is 9.10 Å². The summed E-state index contributed by atoms with van der Waals surface area (Å²) in [6, 6.07) is 20.1. The molecule has 0 bridgehead atoms. The van der Waals surface area contributed by atoms with Crippen LogP contribution in [0.4, 0.5) is 11.4 Å². The quantitative estimate of drug-likeness (QED) is 0.544. The molecule has 0 fully saturated rings. The number of nitrogens with one attached hydrogen (secondary N) is 1. The molecule has 1 amide bonds. The molecule has 1 aliphatic rings. The number of fused-ring (bicyclic) bond motifs is 1. The predicted molar refractivity (Wildman–Crippen MR) is 124 cm³/mol. The molecule has 9 heteroatoms. The maximum atomic E-state index is 13.4. The zero-order valence-electron chi connectivity index (χ0n) is 16.5. The van der Waals surface area contributed by atoms with Crippen LogP contribution in [0.2, 0.25) is 5.02 Å². The van der Waals surface area contributed by atoms with E-state index in [9.17, 15) is 13.2 Å². The molecule has 0 aliphatic carbocycles. The van der Waals surface area contributed by atoms with Gasteiger partial charge in [-0.15, -0.1) is 11.8 Å². The Kier molecular flexibility index (Phi) is 6.13. The van der Waals surface area contributed by atoms with Crippen LogP contribution in [-0.2, 0) is 14.8 Å². The van der Waals surface area contributed by atoms with Crippen molar-refractivity contribution in [3.8, 4) is 5.75 Å². The van der Waals surface area contributed by atoms with Gasteiger partial charge in [0.1, 0.15) is 5.75 Å². The van der Waals surface area contributed by atoms with Crippen molar-refractivity contribution >= 4 is 50.7 Å². The number of carbonyl (C=O) groups excluding carboxylic acids is 1. The number of rotatable bonds is 5. The fraction of sp³-hybridized carbons (Fsp3) is 0.136. The summed E-state index contributed by atoms with van der Waals surface area (Å²) in [7, 11) is -3.93. The lowest BCUT2D eigenvalue weighted by atomic mass is 10.2. The van der Waals surface area contributed by atoms with Crippen LogP contribution in [0.1, 0.15) is 0 Å². The Bertz CT molecular complexity index is 1220. The summed E-state index contributed by atoms with van der Waals surface area (Å²) in [5, 5.41) is 3.26. The Labute approximate surface area is 190 Å². The maximum absolute atomic E-state index is 13.4. The van der Waals surface area contributed by atoms with Crippen LogP contribution in [0.15, 0.2) is 82.6 Å². The summed E-state index contributed by atoms with van der Waals surface area (Å²) in [6.45, 7) is -0.157. The van der Waals surface area contributed by atoms with E-state index in [1.54, 1.807) is 42.1 Å². The molecule has 3 aromatic carbocycles. The fourth-order valence-corrected chi connectivity index (χ4v) is 5.29. The molecule has 3 aromatic rings. The molecule has 1 N–H and O–H groups in total. The third kappa shape index (κ3) is 4.51. The third-order valence-corrected chi connectivity index (χ3v) is 7.54. The van der Waals surface area contributed by atoms with Gasteiger partial charge in [0.05, 0.1) is 17.1 Å². The van der Waals surface area contributed by atoms with Gasteiger partial charge in [0.15, 0.2) is 6.10 Å². The van der Waals surface area contributed by atoms with E-state index >= 15 is 0 Å². The van der Waals surface area contributed by atoms with E-state index in [1.165, 1.54) is 28.6 Å². The van der Waals surface area contributed by atoms with Crippen LogP contribution in [0.25, 0.3) is 0 Å². The van der Waals surface area contributed by atoms with E-state index < -0.39 is 22.0 Å². The lowest BCUT2D eigenvalue weighted by molar-refractivity contribution is -0.122. The second-order valence-electron chi connectivity index (χ2n) is 6.79. The molecule has 0 saturated carbocycles. The maximum Gasteiger partial charge on any atom is 0.267 e. The number of nitrogens with zero attached hydrogens (tertiary/aromatic N) is 1. The van der Waals surface area contributed by atoms with Gasteiger partial charge in [0.25, 0.3) is 15.9 Å². The second kappa shape index (κ2) is 8.82. The molecule has 1 atom stereocenters. The van der Waals surface area contributed by atoms with Gasteiger partial charge in [-0.25, -0.2) is 8.42 Å². The molecule has 6 nitrogen and oxygen atoms in total. The van der Waals surface area contributed by atoms with Crippen molar-refractivity contribution in [1.29, 1.82) is 0 Å². The Morgan fingerprint density at radius 2 is 1.84 bits per heavy atom.